The highest BCUT2D eigenvalue weighted by molar-refractivity contribution is 5.97. The molecule has 0 radical (unpaired) electrons. The van der Waals surface area contributed by atoms with Gasteiger partial charge in [0, 0.05) is 5.69 Å². The lowest BCUT2D eigenvalue weighted by atomic mass is 9.99. The van der Waals surface area contributed by atoms with Crippen molar-refractivity contribution in [3.8, 4) is 11.1 Å². The van der Waals surface area contributed by atoms with Crippen LogP contribution in [0.1, 0.15) is 10.4 Å². The number of esters is 1. The largest absolute Gasteiger partial charge is 0.465 e. The number of benzene rings is 2. The molecule has 0 saturated heterocycles. The van der Waals surface area contributed by atoms with E-state index in [0.29, 0.717) is 11.3 Å². The number of hydrogen-bond donors (Lipinski definition) is 1. The van der Waals surface area contributed by atoms with Crippen LogP contribution in [0.4, 0.5) is 5.69 Å². The van der Waals surface area contributed by atoms with Gasteiger partial charge >= 0.3 is 5.97 Å². The SMILES string of the molecule is COC(=O)c1ccccc1-c1cccc(N)c1.Cl. The van der Waals surface area contributed by atoms with Crippen molar-refractivity contribution in [2.24, 2.45) is 0 Å². The first-order chi connectivity index (χ1) is 8.22. The van der Waals surface area contributed by atoms with Gasteiger partial charge in [-0.3, -0.25) is 0 Å². The van der Waals surface area contributed by atoms with Crippen LogP contribution >= 0.6 is 12.4 Å². The Kier molecular flexibility index (Phi) is 4.75. The first-order valence-corrected chi connectivity index (χ1v) is 5.25. The Hall–Kier alpha value is -2.00. The Bertz CT molecular complexity index is 555. The fourth-order valence-electron chi connectivity index (χ4n) is 1.73. The van der Waals surface area contributed by atoms with Crippen LogP contribution in [0.5, 0.6) is 0 Å². The summed E-state index contributed by atoms with van der Waals surface area (Å²) in [6.07, 6.45) is 0. The highest BCUT2D eigenvalue weighted by Gasteiger charge is 2.12. The molecule has 2 aromatic rings. The normalized spacial score (nSPS) is 9.39. The molecule has 94 valence electrons. The zero-order chi connectivity index (χ0) is 12.3. The first kappa shape index (κ1) is 14.1. The zero-order valence-electron chi connectivity index (χ0n) is 9.92. The number of ether oxygens (including phenoxy) is 1. The van der Waals surface area contributed by atoms with Crippen LogP contribution in [-0.2, 0) is 4.74 Å². The predicted molar refractivity (Wildman–Crippen MR) is 74.9 cm³/mol. The van der Waals surface area contributed by atoms with Gasteiger partial charge in [0.1, 0.15) is 0 Å². The second-order valence-electron chi connectivity index (χ2n) is 3.66. The second-order valence-corrected chi connectivity index (χ2v) is 3.66. The molecule has 0 aromatic heterocycles. The van der Waals surface area contributed by atoms with E-state index >= 15 is 0 Å². The molecule has 0 atom stereocenters. The van der Waals surface area contributed by atoms with Gasteiger partial charge in [0.05, 0.1) is 12.7 Å². The number of methoxy groups -OCH3 is 1. The summed E-state index contributed by atoms with van der Waals surface area (Å²) in [4.78, 5) is 11.6. The summed E-state index contributed by atoms with van der Waals surface area (Å²) >= 11 is 0. The van der Waals surface area contributed by atoms with E-state index in [2.05, 4.69) is 0 Å². The minimum absolute atomic E-state index is 0. The van der Waals surface area contributed by atoms with Crippen molar-refractivity contribution >= 4 is 24.1 Å². The van der Waals surface area contributed by atoms with Crippen molar-refractivity contribution in [3.05, 3.63) is 54.1 Å². The Labute approximate surface area is 112 Å². The maximum Gasteiger partial charge on any atom is 0.338 e. The molecule has 0 aliphatic carbocycles. The van der Waals surface area contributed by atoms with Crippen molar-refractivity contribution < 1.29 is 9.53 Å². The average Bonchev–Trinajstić information content (AvgIpc) is 2.38. The molecule has 0 spiro atoms. The van der Waals surface area contributed by atoms with Crippen LogP contribution in [0, 0.1) is 0 Å². The van der Waals surface area contributed by atoms with E-state index in [4.69, 9.17) is 10.5 Å². The maximum atomic E-state index is 11.6. The quantitative estimate of drug-likeness (QED) is 0.669. The first-order valence-electron chi connectivity index (χ1n) is 5.25. The monoisotopic (exact) mass is 263 g/mol. The van der Waals surface area contributed by atoms with E-state index in [1.807, 2.05) is 42.5 Å². The van der Waals surface area contributed by atoms with Gasteiger partial charge in [-0.1, -0.05) is 30.3 Å². The van der Waals surface area contributed by atoms with Gasteiger partial charge in [-0.15, -0.1) is 12.4 Å². The number of rotatable bonds is 2. The third-order valence-electron chi connectivity index (χ3n) is 2.53. The molecule has 0 aliphatic rings. The number of anilines is 1. The Morgan fingerprint density at radius 2 is 1.83 bits per heavy atom. The lowest BCUT2D eigenvalue weighted by molar-refractivity contribution is 0.0601. The van der Waals surface area contributed by atoms with Crippen LogP contribution < -0.4 is 5.73 Å². The van der Waals surface area contributed by atoms with Gasteiger partial charge in [0.25, 0.3) is 0 Å². The molecule has 2 rings (SSSR count). The van der Waals surface area contributed by atoms with E-state index in [9.17, 15) is 4.79 Å². The van der Waals surface area contributed by atoms with E-state index in [0.717, 1.165) is 11.1 Å². The van der Waals surface area contributed by atoms with Gasteiger partial charge < -0.3 is 10.5 Å². The van der Waals surface area contributed by atoms with Gasteiger partial charge in [0.15, 0.2) is 0 Å². The van der Waals surface area contributed by atoms with Crippen LogP contribution in [0.15, 0.2) is 48.5 Å². The Morgan fingerprint density at radius 3 is 2.50 bits per heavy atom. The van der Waals surface area contributed by atoms with Crippen molar-refractivity contribution in [2.45, 2.75) is 0 Å². The number of carbonyl (C=O) groups is 1. The highest BCUT2D eigenvalue weighted by Crippen LogP contribution is 2.25. The molecule has 0 amide bonds. The molecular formula is C14H14ClNO2. The summed E-state index contributed by atoms with van der Waals surface area (Å²) in [5.41, 5.74) is 8.68. The molecular weight excluding hydrogens is 250 g/mol. The van der Waals surface area contributed by atoms with E-state index in [1.165, 1.54) is 7.11 Å². The van der Waals surface area contributed by atoms with Gasteiger partial charge in [0.2, 0.25) is 0 Å². The lowest BCUT2D eigenvalue weighted by Crippen LogP contribution is -2.03. The van der Waals surface area contributed by atoms with Crippen LogP contribution in [0.2, 0.25) is 0 Å². The van der Waals surface area contributed by atoms with Gasteiger partial charge in [-0.25, -0.2) is 4.79 Å². The molecule has 4 heteroatoms. The number of halogens is 1. The topological polar surface area (TPSA) is 52.3 Å². The smallest absolute Gasteiger partial charge is 0.338 e. The zero-order valence-corrected chi connectivity index (χ0v) is 10.7. The molecule has 2 N–H and O–H groups in total. The van der Waals surface area contributed by atoms with Crippen molar-refractivity contribution in [2.75, 3.05) is 12.8 Å². The van der Waals surface area contributed by atoms with Crippen molar-refractivity contribution in [1.82, 2.24) is 0 Å². The molecule has 3 nitrogen and oxygen atoms in total. The molecule has 0 fully saturated rings. The van der Waals surface area contributed by atoms with Gasteiger partial charge in [-0.05, 0) is 29.3 Å². The fourth-order valence-corrected chi connectivity index (χ4v) is 1.73. The van der Waals surface area contributed by atoms with Crippen LogP contribution in [-0.4, -0.2) is 13.1 Å². The third kappa shape index (κ3) is 2.81. The minimum Gasteiger partial charge on any atom is -0.465 e. The molecule has 0 aliphatic heterocycles. The van der Waals surface area contributed by atoms with Crippen LogP contribution in [0.25, 0.3) is 11.1 Å². The summed E-state index contributed by atoms with van der Waals surface area (Å²) in [5, 5.41) is 0. The molecule has 2 aromatic carbocycles. The van der Waals surface area contributed by atoms with Crippen LogP contribution in [0.3, 0.4) is 0 Å². The highest BCUT2D eigenvalue weighted by atomic mass is 35.5. The summed E-state index contributed by atoms with van der Waals surface area (Å²) < 4.78 is 4.76. The van der Waals surface area contributed by atoms with E-state index in [-0.39, 0.29) is 18.4 Å². The molecule has 0 unspecified atom stereocenters. The fraction of sp³-hybridized carbons (Fsp3) is 0.0714. The van der Waals surface area contributed by atoms with Crippen molar-refractivity contribution in [3.63, 3.8) is 0 Å². The van der Waals surface area contributed by atoms with E-state index < -0.39 is 0 Å². The van der Waals surface area contributed by atoms with E-state index in [1.54, 1.807) is 6.07 Å². The second kappa shape index (κ2) is 6.07. The molecule has 0 saturated carbocycles. The number of carbonyl (C=O) groups excluding carboxylic acids is 1. The molecule has 0 bridgehead atoms. The molecule has 0 heterocycles. The van der Waals surface area contributed by atoms with Crippen molar-refractivity contribution in [1.29, 1.82) is 0 Å². The number of nitrogens with two attached hydrogens (primary N) is 1. The predicted octanol–water partition coefficient (Wildman–Crippen LogP) is 3.14. The summed E-state index contributed by atoms with van der Waals surface area (Å²) in [5.74, 6) is -0.344. The molecule has 18 heavy (non-hydrogen) atoms. The Morgan fingerprint density at radius 1 is 1.11 bits per heavy atom. The summed E-state index contributed by atoms with van der Waals surface area (Å²) in [6, 6.07) is 14.7. The third-order valence-corrected chi connectivity index (χ3v) is 2.53. The standard InChI is InChI=1S/C14H13NO2.ClH/c1-17-14(16)13-8-3-2-7-12(13)10-5-4-6-11(15)9-10;/h2-9H,15H2,1H3;1H. The van der Waals surface area contributed by atoms with Gasteiger partial charge in [-0.2, -0.15) is 0 Å². The summed E-state index contributed by atoms with van der Waals surface area (Å²) in [7, 11) is 1.37. The number of hydrogen-bond acceptors (Lipinski definition) is 3. The number of nitrogen functional groups attached to an aromatic ring is 1. The Balaban J connectivity index is 0.00000162. The summed E-state index contributed by atoms with van der Waals surface area (Å²) in [6.45, 7) is 0. The lowest BCUT2D eigenvalue weighted by Gasteiger charge is -2.08. The maximum absolute atomic E-state index is 11.6. The average molecular weight is 264 g/mol. The minimum atomic E-state index is -0.344.